The van der Waals surface area contributed by atoms with Crippen molar-refractivity contribution in [2.24, 2.45) is 0 Å². The first-order valence-corrected chi connectivity index (χ1v) is 11.2. The molecular weight excluding hydrogens is 396 g/mol. The highest BCUT2D eigenvalue weighted by Gasteiger charge is 2.23. The smallest absolute Gasteiger partial charge is 0.234 e. The number of nitrogens with zero attached hydrogens (tertiary/aromatic N) is 3. The van der Waals surface area contributed by atoms with Gasteiger partial charge in [0.25, 0.3) is 0 Å². The van der Waals surface area contributed by atoms with Crippen LogP contribution in [0, 0.1) is 13.8 Å². The summed E-state index contributed by atoms with van der Waals surface area (Å²) in [5.41, 5.74) is 3.24. The molecule has 2 aromatic heterocycles. The maximum absolute atomic E-state index is 12.8. The van der Waals surface area contributed by atoms with E-state index in [0.29, 0.717) is 6.54 Å². The van der Waals surface area contributed by atoms with Crippen molar-refractivity contribution in [3.63, 3.8) is 0 Å². The molecule has 1 aromatic carbocycles. The molecule has 1 atom stereocenters. The molecule has 1 aliphatic rings. The summed E-state index contributed by atoms with van der Waals surface area (Å²) in [6, 6.07) is 14.4. The average molecular weight is 425 g/mol. The SMILES string of the molecule is Cc1ccc(C(NC(=O)CN2CCN(Cc3cc(C)no3)CC2)c2cccs2)cc1. The fraction of sp³-hybridized carbons (Fsp3) is 0.391. The predicted octanol–water partition coefficient (Wildman–Crippen LogP) is 3.38. The van der Waals surface area contributed by atoms with Crippen LogP contribution >= 0.6 is 11.3 Å². The molecule has 1 N–H and O–H groups in total. The molecule has 1 saturated heterocycles. The van der Waals surface area contributed by atoms with Crippen LogP contribution in [0.4, 0.5) is 0 Å². The Kier molecular flexibility index (Phi) is 6.62. The molecule has 7 heteroatoms. The Morgan fingerprint density at radius 1 is 1.13 bits per heavy atom. The van der Waals surface area contributed by atoms with E-state index in [1.165, 1.54) is 5.56 Å². The minimum Gasteiger partial charge on any atom is -0.360 e. The minimum atomic E-state index is -0.103. The van der Waals surface area contributed by atoms with Crippen molar-refractivity contribution in [2.75, 3.05) is 32.7 Å². The molecule has 1 fully saturated rings. The van der Waals surface area contributed by atoms with Gasteiger partial charge in [0.2, 0.25) is 5.91 Å². The Labute approximate surface area is 181 Å². The van der Waals surface area contributed by atoms with E-state index < -0.39 is 0 Å². The molecule has 3 aromatic rings. The van der Waals surface area contributed by atoms with Gasteiger partial charge in [-0.1, -0.05) is 41.1 Å². The average Bonchev–Trinajstić information content (AvgIpc) is 3.40. The Balaban J connectivity index is 1.31. The molecule has 3 heterocycles. The lowest BCUT2D eigenvalue weighted by molar-refractivity contribution is -0.123. The predicted molar refractivity (Wildman–Crippen MR) is 118 cm³/mol. The van der Waals surface area contributed by atoms with Crippen LogP contribution in [0.3, 0.4) is 0 Å². The summed E-state index contributed by atoms with van der Waals surface area (Å²) < 4.78 is 5.32. The summed E-state index contributed by atoms with van der Waals surface area (Å²) in [7, 11) is 0. The van der Waals surface area contributed by atoms with Crippen molar-refractivity contribution in [3.05, 3.63) is 75.3 Å². The standard InChI is InChI=1S/C23H28N4O2S/c1-17-5-7-19(8-6-17)23(21-4-3-13-30-21)24-22(28)16-27-11-9-26(10-12-27)15-20-14-18(2)25-29-20/h3-8,13-14,23H,9-12,15-16H2,1-2H3,(H,24,28). The zero-order valence-electron chi connectivity index (χ0n) is 17.5. The largest absolute Gasteiger partial charge is 0.360 e. The van der Waals surface area contributed by atoms with Gasteiger partial charge in [-0.2, -0.15) is 0 Å². The highest BCUT2D eigenvalue weighted by molar-refractivity contribution is 7.10. The molecule has 0 radical (unpaired) electrons. The summed E-state index contributed by atoms with van der Waals surface area (Å²) in [4.78, 5) is 18.6. The van der Waals surface area contributed by atoms with Crippen molar-refractivity contribution in [2.45, 2.75) is 26.4 Å². The van der Waals surface area contributed by atoms with Gasteiger partial charge in [-0.25, -0.2) is 0 Å². The number of carbonyl (C=O) groups excluding carboxylic acids is 1. The van der Waals surface area contributed by atoms with E-state index >= 15 is 0 Å². The molecule has 30 heavy (non-hydrogen) atoms. The number of thiophene rings is 1. The number of amides is 1. The quantitative estimate of drug-likeness (QED) is 0.630. The lowest BCUT2D eigenvalue weighted by atomic mass is 10.0. The van der Waals surface area contributed by atoms with Crippen LogP contribution in [0.1, 0.15) is 33.5 Å². The van der Waals surface area contributed by atoms with Gasteiger partial charge in [-0.3, -0.25) is 14.6 Å². The van der Waals surface area contributed by atoms with Gasteiger partial charge in [0.1, 0.15) is 0 Å². The van der Waals surface area contributed by atoms with Gasteiger partial charge in [-0.05, 0) is 30.9 Å². The molecule has 158 valence electrons. The highest BCUT2D eigenvalue weighted by Crippen LogP contribution is 2.26. The van der Waals surface area contributed by atoms with Crippen molar-refractivity contribution in [1.82, 2.24) is 20.3 Å². The second-order valence-electron chi connectivity index (χ2n) is 7.91. The second kappa shape index (κ2) is 9.55. The van der Waals surface area contributed by atoms with Crippen LogP contribution in [-0.2, 0) is 11.3 Å². The van der Waals surface area contributed by atoms with E-state index in [0.717, 1.165) is 54.6 Å². The van der Waals surface area contributed by atoms with Crippen LogP contribution in [0.5, 0.6) is 0 Å². The first kappa shape index (κ1) is 20.8. The number of nitrogens with one attached hydrogen (secondary N) is 1. The first-order chi connectivity index (χ1) is 14.6. The lowest BCUT2D eigenvalue weighted by Gasteiger charge is -2.34. The van der Waals surface area contributed by atoms with Crippen molar-refractivity contribution in [3.8, 4) is 0 Å². The molecule has 1 aliphatic heterocycles. The van der Waals surface area contributed by atoms with Crippen LogP contribution in [-0.4, -0.2) is 53.6 Å². The molecule has 4 rings (SSSR count). The normalized spacial score (nSPS) is 16.5. The fourth-order valence-electron chi connectivity index (χ4n) is 3.76. The Morgan fingerprint density at radius 3 is 2.50 bits per heavy atom. The van der Waals surface area contributed by atoms with Gasteiger partial charge in [0.15, 0.2) is 5.76 Å². The minimum absolute atomic E-state index is 0.0632. The van der Waals surface area contributed by atoms with Crippen LogP contribution in [0.25, 0.3) is 0 Å². The molecule has 6 nitrogen and oxygen atoms in total. The maximum Gasteiger partial charge on any atom is 0.234 e. The number of piperazine rings is 1. The number of hydrogen-bond acceptors (Lipinski definition) is 6. The Bertz CT molecular complexity index is 944. The van der Waals surface area contributed by atoms with Gasteiger partial charge >= 0.3 is 0 Å². The van der Waals surface area contributed by atoms with Crippen molar-refractivity contribution in [1.29, 1.82) is 0 Å². The summed E-state index contributed by atoms with van der Waals surface area (Å²) in [6.45, 7) is 8.77. The summed E-state index contributed by atoms with van der Waals surface area (Å²) >= 11 is 1.67. The molecule has 0 aliphatic carbocycles. The van der Waals surface area contributed by atoms with E-state index in [1.54, 1.807) is 11.3 Å². The molecule has 1 unspecified atom stereocenters. The number of aromatic nitrogens is 1. The van der Waals surface area contributed by atoms with Crippen molar-refractivity contribution >= 4 is 17.2 Å². The molecule has 1 amide bonds. The summed E-state index contributed by atoms with van der Waals surface area (Å²) in [6.07, 6.45) is 0. The third kappa shape index (κ3) is 5.36. The van der Waals surface area contributed by atoms with Gasteiger partial charge in [0.05, 0.1) is 24.8 Å². The highest BCUT2D eigenvalue weighted by atomic mass is 32.1. The van der Waals surface area contributed by atoms with Gasteiger partial charge in [-0.15, -0.1) is 11.3 Å². The molecule has 0 bridgehead atoms. The number of rotatable bonds is 7. The van der Waals surface area contributed by atoms with E-state index in [2.05, 4.69) is 62.9 Å². The number of benzene rings is 1. The molecular formula is C23H28N4O2S. The van der Waals surface area contributed by atoms with Crippen LogP contribution in [0.2, 0.25) is 0 Å². The topological polar surface area (TPSA) is 61.6 Å². The van der Waals surface area contributed by atoms with Gasteiger partial charge < -0.3 is 9.84 Å². The third-order valence-corrected chi connectivity index (χ3v) is 6.37. The van der Waals surface area contributed by atoms with E-state index in [9.17, 15) is 4.79 Å². The Hall–Kier alpha value is -2.48. The van der Waals surface area contributed by atoms with Crippen LogP contribution in [0.15, 0.2) is 52.4 Å². The summed E-state index contributed by atoms with van der Waals surface area (Å²) in [5.74, 6) is 0.962. The lowest BCUT2D eigenvalue weighted by Crippen LogP contribution is -2.49. The van der Waals surface area contributed by atoms with E-state index in [1.807, 2.05) is 19.1 Å². The zero-order valence-corrected chi connectivity index (χ0v) is 18.3. The number of hydrogen-bond donors (Lipinski definition) is 1. The Morgan fingerprint density at radius 2 is 1.87 bits per heavy atom. The van der Waals surface area contributed by atoms with Gasteiger partial charge in [0, 0.05) is 37.1 Å². The monoisotopic (exact) mass is 424 g/mol. The molecule has 0 spiro atoms. The maximum atomic E-state index is 12.8. The fourth-order valence-corrected chi connectivity index (χ4v) is 4.56. The number of aryl methyl sites for hydroxylation is 2. The number of carbonyl (C=O) groups is 1. The van der Waals surface area contributed by atoms with Crippen LogP contribution < -0.4 is 5.32 Å². The summed E-state index contributed by atoms with van der Waals surface area (Å²) in [5, 5.41) is 9.25. The zero-order chi connectivity index (χ0) is 20.9. The second-order valence-corrected chi connectivity index (χ2v) is 8.89. The third-order valence-electron chi connectivity index (χ3n) is 5.43. The van der Waals surface area contributed by atoms with E-state index in [4.69, 9.17) is 4.52 Å². The first-order valence-electron chi connectivity index (χ1n) is 10.3. The molecule has 0 saturated carbocycles. The van der Waals surface area contributed by atoms with Crippen molar-refractivity contribution < 1.29 is 9.32 Å². The van der Waals surface area contributed by atoms with E-state index in [-0.39, 0.29) is 11.9 Å².